The van der Waals surface area contributed by atoms with Crippen LogP contribution >= 0.6 is 23.2 Å². The van der Waals surface area contributed by atoms with Gasteiger partial charge in [-0.05, 0) is 12.1 Å². The second-order valence-electron chi connectivity index (χ2n) is 3.56. The molecule has 0 aromatic heterocycles. The number of nitrogens with zero attached hydrogens (tertiary/aromatic N) is 1. The van der Waals surface area contributed by atoms with Crippen LogP contribution in [0.15, 0.2) is 12.1 Å². The van der Waals surface area contributed by atoms with E-state index in [2.05, 4.69) is 10.2 Å². The molecule has 1 aromatic carbocycles. The molecule has 1 aliphatic heterocycles. The summed E-state index contributed by atoms with van der Waals surface area (Å²) in [7, 11) is 0. The Kier molecular flexibility index (Phi) is 3.24. The zero-order chi connectivity index (χ0) is 10.8. The van der Waals surface area contributed by atoms with E-state index < -0.39 is 0 Å². The number of hydrogen-bond donors (Lipinski definition) is 2. The fourth-order valence-electron chi connectivity index (χ4n) is 1.73. The van der Waals surface area contributed by atoms with Crippen molar-refractivity contribution < 1.29 is 0 Å². The molecule has 2 rings (SSSR count). The highest BCUT2D eigenvalue weighted by molar-refractivity contribution is 6.42. The average molecular weight is 246 g/mol. The number of piperazine rings is 1. The van der Waals surface area contributed by atoms with Crippen LogP contribution in [0.3, 0.4) is 0 Å². The van der Waals surface area contributed by atoms with Crippen molar-refractivity contribution >= 4 is 34.6 Å². The minimum Gasteiger partial charge on any atom is -0.397 e. The number of anilines is 2. The van der Waals surface area contributed by atoms with Gasteiger partial charge in [0.2, 0.25) is 0 Å². The van der Waals surface area contributed by atoms with Gasteiger partial charge in [-0.15, -0.1) is 0 Å². The molecule has 0 bridgehead atoms. The van der Waals surface area contributed by atoms with Gasteiger partial charge in [0.1, 0.15) is 0 Å². The molecule has 3 N–H and O–H groups in total. The van der Waals surface area contributed by atoms with Crippen LogP contribution in [-0.4, -0.2) is 26.2 Å². The van der Waals surface area contributed by atoms with E-state index >= 15 is 0 Å². The summed E-state index contributed by atoms with van der Waals surface area (Å²) in [6.07, 6.45) is 0. The van der Waals surface area contributed by atoms with E-state index in [1.54, 1.807) is 6.07 Å². The van der Waals surface area contributed by atoms with Crippen LogP contribution < -0.4 is 16.0 Å². The summed E-state index contributed by atoms with van der Waals surface area (Å²) in [6.45, 7) is 3.84. The van der Waals surface area contributed by atoms with Crippen molar-refractivity contribution in [2.24, 2.45) is 0 Å². The molecular formula is C10H13Cl2N3. The molecule has 1 saturated heterocycles. The van der Waals surface area contributed by atoms with Gasteiger partial charge >= 0.3 is 0 Å². The van der Waals surface area contributed by atoms with E-state index in [9.17, 15) is 0 Å². The summed E-state index contributed by atoms with van der Waals surface area (Å²) in [5.41, 5.74) is 7.58. The summed E-state index contributed by atoms with van der Waals surface area (Å²) >= 11 is 11.9. The van der Waals surface area contributed by atoms with Crippen molar-refractivity contribution in [1.82, 2.24) is 5.32 Å². The Labute approximate surface area is 99.1 Å². The van der Waals surface area contributed by atoms with Crippen LogP contribution in [-0.2, 0) is 0 Å². The van der Waals surface area contributed by atoms with Crippen LogP contribution in [0.4, 0.5) is 11.4 Å². The van der Waals surface area contributed by atoms with Crippen LogP contribution in [0.2, 0.25) is 10.0 Å². The molecule has 0 unspecified atom stereocenters. The monoisotopic (exact) mass is 245 g/mol. The molecule has 15 heavy (non-hydrogen) atoms. The first-order valence-electron chi connectivity index (χ1n) is 4.88. The van der Waals surface area contributed by atoms with Crippen molar-refractivity contribution in [3.05, 3.63) is 22.2 Å². The van der Waals surface area contributed by atoms with Gasteiger partial charge in [-0.25, -0.2) is 0 Å². The Morgan fingerprint density at radius 3 is 2.40 bits per heavy atom. The normalized spacial score (nSPS) is 16.8. The first-order valence-corrected chi connectivity index (χ1v) is 5.64. The predicted molar refractivity (Wildman–Crippen MR) is 66.0 cm³/mol. The second kappa shape index (κ2) is 4.47. The van der Waals surface area contributed by atoms with Gasteiger partial charge in [0, 0.05) is 26.2 Å². The van der Waals surface area contributed by atoms with Gasteiger partial charge in [0.05, 0.1) is 21.4 Å². The Morgan fingerprint density at radius 1 is 1.13 bits per heavy atom. The summed E-state index contributed by atoms with van der Waals surface area (Å²) in [6, 6.07) is 3.55. The molecule has 3 nitrogen and oxygen atoms in total. The van der Waals surface area contributed by atoms with Gasteiger partial charge < -0.3 is 16.0 Å². The highest BCUT2D eigenvalue weighted by Crippen LogP contribution is 2.33. The van der Waals surface area contributed by atoms with E-state index in [1.807, 2.05) is 6.07 Å². The molecule has 82 valence electrons. The predicted octanol–water partition coefficient (Wildman–Crippen LogP) is 1.99. The number of hydrogen-bond acceptors (Lipinski definition) is 3. The topological polar surface area (TPSA) is 41.3 Å². The van der Waals surface area contributed by atoms with E-state index in [0.717, 1.165) is 31.9 Å². The summed E-state index contributed by atoms with van der Waals surface area (Å²) in [5, 5.41) is 4.35. The van der Waals surface area contributed by atoms with Crippen molar-refractivity contribution in [3.63, 3.8) is 0 Å². The third kappa shape index (κ3) is 2.30. The molecular weight excluding hydrogens is 233 g/mol. The Morgan fingerprint density at radius 2 is 1.73 bits per heavy atom. The number of halogens is 2. The summed E-state index contributed by atoms with van der Waals surface area (Å²) in [5.74, 6) is 0. The maximum atomic E-state index is 5.98. The Bertz CT molecular complexity index is 362. The maximum absolute atomic E-state index is 5.98. The average Bonchev–Trinajstić information content (AvgIpc) is 2.25. The van der Waals surface area contributed by atoms with Gasteiger partial charge in [0.15, 0.2) is 0 Å². The fourth-order valence-corrected chi connectivity index (χ4v) is 2.06. The zero-order valence-electron chi connectivity index (χ0n) is 8.26. The molecule has 1 aliphatic rings. The number of nitrogens with two attached hydrogens (primary N) is 1. The van der Waals surface area contributed by atoms with Crippen molar-refractivity contribution in [3.8, 4) is 0 Å². The summed E-state index contributed by atoms with van der Waals surface area (Å²) < 4.78 is 0. The molecule has 0 atom stereocenters. The molecule has 0 saturated carbocycles. The minimum absolute atomic E-state index is 0.507. The first-order chi connectivity index (χ1) is 7.18. The Balaban J connectivity index is 2.30. The van der Waals surface area contributed by atoms with Crippen molar-refractivity contribution in [1.29, 1.82) is 0 Å². The van der Waals surface area contributed by atoms with Gasteiger partial charge in [-0.3, -0.25) is 0 Å². The lowest BCUT2D eigenvalue weighted by molar-refractivity contribution is 0.590. The molecule has 1 aromatic rings. The molecule has 0 aliphatic carbocycles. The van der Waals surface area contributed by atoms with E-state index in [4.69, 9.17) is 28.9 Å². The highest BCUT2D eigenvalue weighted by atomic mass is 35.5. The highest BCUT2D eigenvalue weighted by Gasteiger charge is 2.14. The lowest BCUT2D eigenvalue weighted by Crippen LogP contribution is -2.43. The van der Waals surface area contributed by atoms with Gasteiger partial charge in [-0.2, -0.15) is 0 Å². The van der Waals surface area contributed by atoms with Crippen molar-refractivity contribution in [2.75, 3.05) is 36.8 Å². The standard InChI is InChI=1S/C10H13Cl2N3/c11-7-5-9(13)10(6-8(7)12)15-3-1-14-2-4-15/h5-6,14H,1-4,13H2. The molecule has 1 heterocycles. The molecule has 1 fully saturated rings. The molecule has 0 radical (unpaired) electrons. The molecule has 0 amide bonds. The third-order valence-corrected chi connectivity index (χ3v) is 3.25. The lowest BCUT2D eigenvalue weighted by atomic mass is 10.2. The van der Waals surface area contributed by atoms with Crippen LogP contribution in [0.25, 0.3) is 0 Å². The number of benzene rings is 1. The number of nitrogen functional groups attached to an aromatic ring is 1. The van der Waals surface area contributed by atoms with E-state index in [1.165, 1.54) is 0 Å². The quantitative estimate of drug-likeness (QED) is 0.744. The third-order valence-electron chi connectivity index (χ3n) is 2.53. The van der Waals surface area contributed by atoms with Crippen molar-refractivity contribution in [2.45, 2.75) is 0 Å². The summed E-state index contributed by atoms with van der Waals surface area (Å²) in [4.78, 5) is 2.22. The zero-order valence-corrected chi connectivity index (χ0v) is 9.78. The minimum atomic E-state index is 0.507. The second-order valence-corrected chi connectivity index (χ2v) is 4.38. The molecule has 5 heteroatoms. The van der Waals surface area contributed by atoms with Crippen LogP contribution in [0.5, 0.6) is 0 Å². The van der Waals surface area contributed by atoms with Gasteiger partial charge in [-0.1, -0.05) is 23.2 Å². The van der Waals surface area contributed by atoms with E-state index in [0.29, 0.717) is 15.7 Å². The van der Waals surface area contributed by atoms with Crippen LogP contribution in [0, 0.1) is 0 Å². The Hall–Kier alpha value is -0.640. The number of rotatable bonds is 1. The lowest BCUT2D eigenvalue weighted by Gasteiger charge is -2.30. The largest absolute Gasteiger partial charge is 0.397 e. The fraction of sp³-hybridized carbons (Fsp3) is 0.400. The molecule has 0 spiro atoms. The van der Waals surface area contributed by atoms with Gasteiger partial charge in [0.25, 0.3) is 0 Å². The van der Waals surface area contributed by atoms with E-state index in [-0.39, 0.29) is 0 Å². The van der Waals surface area contributed by atoms with Crippen LogP contribution in [0.1, 0.15) is 0 Å². The smallest absolute Gasteiger partial charge is 0.0616 e. The SMILES string of the molecule is Nc1cc(Cl)c(Cl)cc1N1CCNCC1. The maximum Gasteiger partial charge on any atom is 0.0616 e. The first kappa shape index (κ1) is 10.9. The number of nitrogens with one attached hydrogen (secondary N) is 1.